The summed E-state index contributed by atoms with van der Waals surface area (Å²) in [6.07, 6.45) is 5.79. The average molecular weight is 415 g/mol. The molecule has 2 aromatic heterocycles. The Balaban J connectivity index is 1.65. The van der Waals surface area contributed by atoms with E-state index in [-0.39, 0.29) is 5.78 Å². The van der Waals surface area contributed by atoms with Crippen molar-refractivity contribution in [3.05, 3.63) is 53.1 Å². The van der Waals surface area contributed by atoms with E-state index in [1.807, 2.05) is 25.1 Å². The molecular weight excluding hydrogens is 388 g/mol. The van der Waals surface area contributed by atoms with Crippen LogP contribution in [0.2, 0.25) is 0 Å². The number of H-pyrrole nitrogens is 1. The summed E-state index contributed by atoms with van der Waals surface area (Å²) in [5, 5.41) is 0.848. The Bertz CT molecular complexity index is 1140. The van der Waals surface area contributed by atoms with Crippen molar-refractivity contribution in [1.29, 1.82) is 0 Å². The molecular formula is C22H26N2O4S. The van der Waals surface area contributed by atoms with Gasteiger partial charge in [-0.25, -0.2) is 12.7 Å². The van der Waals surface area contributed by atoms with Crippen LogP contribution in [-0.4, -0.2) is 37.1 Å². The predicted octanol–water partition coefficient (Wildman–Crippen LogP) is 4.10. The van der Waals surface area contributed by atoms with Crippen LogP contribution in [0.1, 0.15) is 53.6 Å². The van der Waals surface area contributed by atoms with E-state index in [4.69, 9.17) is 4.42 Å². The Morgan fingerprint density at radius 1 is 1.24 bits per heavy atom. The monoisotopic (exact) mass is 414 g/mol. The molecule has 29 heavy (non-hydrogen) atoms. The van der Waals surface area contributed by atoms with E-state index in [0.717, 1.165) is 46.3 Å². The number of Topliss-reactive ketones (excluding diaryl/α,β-unsaturated/α-hetero) is 1. The van der Waals surface area contributed by atoms with Crippen LogP contribution in [0.15, 0.2) is 39.8 Å². The van der Waals surface area contributed by atoms with Crippen molar-refractivity contribution >= 4 is 26.7 Å². The summed E-state index contributed by atoms with van der Waals surface area (Å²) in [5.74, 6) is 0.998. The summed E-state index contributed by atoms with van der Waals surface area (Å²) >= 11 is 0. The lowest BCUT2D eigenvalue weighted by atomic mass is 9.94. The molecule has 0 bridgehead atoms. The molecule has 0 saturated heterocycles. The molecule has 4 rings (SSSR count). The first kappa shape index (κ1) is 19.9. The molecule has 0 radical (unpaired) electrons. The third-order valence-corrected chi connectivity index (χ3v) is 7.65. The SMILES string of the molecule is CCc1cc2c3c([nH]c2cc1S(=O)(=O)N(C)CCCc1ccco1)CCCC3=O. The number of hydrogen-bond donors (Lipinski definition) is 1. The molecule has 1 aliphatic rings. The largest absolute Gasteiger partial charge is 0.469 e. The minimum absolute atomic E-state index is 0.144. The number of aryl methyl sites for hydroxylation is 3. The predicted molar refractivity (Wildman–Crippen MR) is 112 cm³/mol. The van der Waals surface area contributed by atoms with E-state index in [9.17, 15) is 13.2 Å². The van der Waals surface area contributed by atoms with Crippen LogP contribution in [0.3, 0.4) is 0 Å². The van der Waals surface area contributed by atoms with Crippen LogP contribution < -0.4 is 0 Å². The van der Waals surface area contributed by atoms with Crippen molar-refractivity contribution in [3.8, 4) is 0 Å². The summed E-state index contributed by atoms with van der Waals surface area (Å²) < 4.78 is 33.3. The fraction of sp³-hybridized carbons (Fsp3) is 0.409. The maximum atomic E-state index is 13.3. The van der Waals surface area contributed by atoms with Crippen LogP contribution in [-0.2, 0) is 29.3 Å². The molecule has 2 heterocycles. The number of aromatic nitrogens is 1. The van der Waals surface area contributed by atoms with Crippen LogP contribution in [0.25, 0.3) is 10.9 Å². The van der Waals surface area contributed by atoms with Gasteiger partial charge in [0.2, 0.25) is 10.0 Å². The minimum Gasteiger partial charge on any atom is -0.469 e. The van der Waals surface area contributed by atoms with Gasteiger partial charge in [-0.15, -0.1) is 0 Å². The number of ketones is 1. The van der Waals surface area contributed by atoms with Gasteiger partial charge >= 0.3 is 0 Å². The van der Waals surface area contributed by atoms with Gasteiger partial charge in [0.25, 0.3) is 0 Å². The highest BCUT2D eigenvalue weighted by molar-refractivity contribution is 7.89. The third kappa shape index (κ3) is 3.65. The summed E-state index contributed by atoms with van der Waals surface area (Å²) in [5.41, 5.74) is 3.15. The van der Waals surface area contributed by atoms with Gasteiger partial charge in [0.15, 0.2) is 5.78 Å². The third-order valence-electron chi connectivity index (χ3n) is 5.71. The molecule has 7 heteroatoms. The second-order valence-corrected chi connectivity index (χ2v) is 9.64. The normalized spacial score (nSPS) is 14.7. The fourth-order valence-electron chi connectivity index (χ4n) is 4.11. The topological polar surface area (TPSA) is 83.4 Å². The fourth-order valence-corrected chi connectivity index (χ4v) is 5.62. The number of furan rings is 1. The van der Waals surface area contributed by atoms with Crippen LogP contribution >= 0.6 is 0 Å². The van der Waals surface area contributed by atoms with Crippen molar-refractivity contribution in [3.63, 3.8) is 0 Å². The molecule has 1 N–H and O–H groups in total. The zero-order valence-corrected chi connectivity index (χ0v) is 17.6. The highest BCUT2D eigenvalue weighted by Crippen LogP contribution is 2.33. The first-order valence-electron chi connectivity index (χ1n) is 10.1. The lowest BCUT2D eigenvalue weighted by Gasteiger charge is -2.19. The highest BCUT2D eigenvalue weighted by atomic mass is 32.2. The quantitative estimate of drug-likeness (QED) is 0.631. The molecule has 0 atom stereocenters. The van der Waals surface area contributed by atoms with Crippen LogP contribution in [0.5, 0.6) is 0 Å². The number of carbonyl (C=O) groups excluding carboxylic acids is 1. The molecule has 0 saturated carbocycles. The Labute approximate surface area is 170 Å². The van der Waals surface area contributed by atoms with Crippen molar-refractivity contribution in [2.75, 3.05) is 13.6 Å². The zero-order chi connectivity index (χ0) is 20.6. The summed E-state index contributed by atoms with van der Waals surface area (Å²) in [6, 6.07) is 7.32. The van der Waals surface area contributed by atoms with Gasteiger partial charge in [0.05, 0.1) is 11.2 Å². The van der Waals surface area contributed by atoms with Crippen molar-refractivity contribution in [1.82, 2.24) is 9.29 Å². The number of benzene rings is 1. The molecule has 0 amide bonds. The van der Waals surface area contributed by atoms with Gasteiger partial charge in [-0.2, -0.15) is 0 Å². The Kier molecular flexibility index (Phi) is 5.36. The van der Waals surface area contributed by atoms with Gasteiger partial charge in [-0.05, 0) is 55.5 Å². The number of sulfonamides is 1. The molecule has 1 aromatic carbocycles. The van der Waals surface area contributed by atoms with Gasteiger partial charge < -0.3 is 9.40 Å². The average Bonchev–Trinajstić information content (AvgIpc) is 3.34. The second-order valence-electron chi connectivity index (χ2n) is 7.62. The first-order chi connectivity index (χ1) is 13.9. The first-order valence-corrected chi connectivity index (χ1v) is 11.5. The van der Waals surface area contributed by atoms with Crippen molar-refractivity contribution in [2.24, 2.45) is 0 Å². The lowest BCUT2D eigenvalue weighted by molar-refractivity contribution is 0.0974. The number of fused-ring (bicyclic) bond motifs is 3. The standard InChI is InChI=1S/C22H26N2O4S/c1-3-15-13-17-19(23-18-9-4-10-20(25)22(17)18)14-21(15)29(26,27)24(2)11-5-7-16-8-6-12-28-16/h6,8,12-14,23H,3-5,7,9-11H2,1-2H3. The number of nitrogens with zero attached hydrogens (tertiary/aromatic N) is 1. The number of nitrogens with one attached hydrogen (secondary N) is 1. The molecule has 154 valence electrons. The van der Waals surface area contributed by atoms with E-state index >= 15 is 0 Å². The van der Waals surface area contributed by atoms with E-state index < -0.39 is 10.0 Å². The highest BCUT2D eigenvalue weighted by Gasteiger charge is 2.27. The van der Waals surface area contributed by atoms with E-state index in [1.165, 1.54) is 4.31 Å². The molecule has 3 aromatic rings. The molecule has 0 fully saturated rings. The Hall–Kier alpha value is -2.38. The van der Waals surface area contributed by atoms with E-state index in [1.54, 1.807) is 19.4 Å². The van der Waals surface area contributed by atoms with Gasteiger partial charge in [-0.3, -0.25) is 4.79 Å². The smallest absolute Gasteiger partial charge is 0.243 e. The van der Waals surface area contributed by atoms with E-state index in [0.29, 0.717) is 37.1 Å². The van der Waals surface area contributed by atoms with Crippen molar-refractivity contribution < 1.29 is 17.6 Å². The maximum Gasteiger partial charge on any atom is 0.243 e. The summed E-state index contributed by atoms with van der Waals surface area (Å²) in [7, 11) is -2.02. The number of hydrogen-bond acceptors (Lipinski definition) is 4. The molecule has 6 nitrogen and oxygen atoms in total. The van der Waals surface area contributed by atoms with Crippen LogP contribution in [0.4, 0.5) is 0 Å². The Morgan fingerprint density at radius 3 is 2.79 bits per heavy atom. The number of aromatic amines is 1. The summed E-state index contributed by atoms with van der Waals surface area (Å²) in [4.78, 5) is 16.0. The second kappa shape index (κ2) is 7.80. The number of carbonyl (C=O) groups is 1. The number of rotatable bonds is 7. The van der Waals surface area contributed by atoms with Gasteiger partial charge in [-0.1, -0.05) is 6.92 Å². The minimum atomic E-state index is -3.63. The zero-order valence-electron chi connectivity index (χ0n) is 16.8. The summed E-state index contributed by atoms with van der Waals surface area (Å²) in [6.45, 7) is 2.35. The maximum absolute atomic E-state index is 13.3. The van der Waals surface area contributed by atoms with E-state index in [2.05, 4.69) is 4.98 Å². The van der Waals surface area contributed by atoms with Crippen molar-refractivity contribution in [2.45, 2.75) is 50.3 Å². The lowest BCUT2D eigenvalue weighted by Crippen LogP contribution is -2.29. The molecule has 0 unspecified atom stereocenters. The van der Waals surface area contributed by atoms with Gasteiger partial charge in [0.1, 0.15) is 5.76 Å². The molecule has 1 aliphatic carbocycles. The van der Waals surface area contributed by atoms with Gasteiger partial charge in [0, 0.05) is 48.6 Å². The Morgan fingerprint density at radius 2 is 2.07 bits per heavy atom. The van der Waals surface area contributed by atoms with Crippen LogP contribution in [0, 0.1) is 0 Å². The molecule has 0 aliphatic heterocycles. The molecule has 0 spiro atoms.